The average molecular weight is 445 g/mol. The third kappa shape index (κ3) is 3.81. The van der Waals surface area contributed by atoms with Crippen molar-refractivity contribution in [2.45, 2.75) is 19.9 Å². The first-order valence-corrected chi connectivity index (χ1v) is 9.77. The molecule has 11 heteroatoms. The van der Waals surface area contributed by atoms with E-state index >= 15 is 0 Å². The van der Waals surface area contributed by atoms with Crippen molar-refractivity contribution in [1.82, 2.24) is 29.5 Å². The number of carbonyl (C=O) groups is 1. The monoisotopic (exact) mass is 444 g/mol. The lowest BCUT2D eigenvalue weighted by Gasteiger charge is -2.16. The second kappa shape index (κ2) is 8.31. The maximum Gasteiger partial charge on any atom is 0.341 e. The molecule has 0 spiro atoms. The van der Waals surface area contributed by atoms with Crippen LogP contribution in [0.25, 0.3) is 17.0 Å². The van der Waals surface area contributed by atoms with E-state index in [0.29, 0.717) is 16.6 Å². The van der Waals surface area contributed by atoms with Crippen molar-refractivity contribution in [3.05, 3.63) is 58.8 Å². The first kappa shape index (κ1) is 20.7. The summed E-state index contributed by atoms with van der Waals surface area (Å²) in [7, 11) is 1.48. The molecule has 0 aliphatic rings. The summed E-state index contributed by atoms with van der Waals surface area (Å²) >= 11 is 6.23. The molecule has 0 radical (unpaired) electrons. The summed E-state index contributed by atoms with van der Waals surface area (Å²) in [6.07, 6.45) is 4.41. The van der Waals surface area contributed by atoms with Crippen LogP contribution in [0.5, 0.6) is 5.88 Å². The van der Waals surface area contributed by atoms with Crippen molar-refractivity contribution in [3.8, 4) is 11.8 Å². The van der Waals surface area contributed by atoms with Crippen molar-refractivity contribution >= 4 is 28.6 Å². The van der Waals surface area contributed by atoms with Gasteiger partial charge in [-0.05, 0) is 31.5 Å². The summed E-state index contributed by atoms with van der Waals surface area (Å²) in [5.41, 5.74) is 2.00. The third-order valence-corrected chi connectivity index (χ3v) is 5.00. The predicted molar refractivity (Wildman–Crippen MR) is 110 cm³/mol. The number of fused-ring (bicyclic) bond motifs is 1. The summed E-state index contributed by atoms with van der Waals surface area (Å²) in [6.45, 7) is 3.86. The van der Waals surface area contributed by atoms with E-state index in [2.05, 4.69) is 20.2 Å². The van der Waals surface area contributed by atoms with Gasteiger partial charge in [-0.3, -0.25) is 4.68 Å². The van der Waals surface area contributed by atoms with E-state index in [1.165, 1.54) is 36.3 Å². The summed E-state index contributed by atoms with van der Waals surface area (Å²) in [5, 5.41) is 8.84. The lowest BCUT2D eigenvalue weighted by Crippen LogP contribution is -2.11. The fourth-order valence-electron chi connectivity index (χ4n) is 3.18. The van der Waals surface area contributed by atoms with Crippen LogP contribution in [0, 0.1) is 5.82 Å². The first-order chi connectivity index (χ1) is 14.9. The molecule has 0 bridgehead atoms. The number of methoxy groups -OCH3 is 1. The number of esters is 1. The van der Waals surface area contributed by atoms with Crippen LogP contribution in [-0.2, 0) is 4.74 Å². The number of nitrogens with zero attached hydrogens (tertiary/aromatic N) is 6. The van der Waals surface area contributed by atoms with Crippen LogP contribution in [0.3, 0.4) is 0 Å². The molecule has 1 aromatic carbocycles. The molecule has 0 saturated carbocycles. The van der Waals surface area contributed by atoms with Gasteiger partial charge in [-0.1, -0.05) is 17.7 Å². The Morgan fingerprint density at radius 1 is 1.26 bits per heavy atom. The molecule has 1 atom stereocenters. The standard InChI is InChI=1S/C20H18ClFN6O3/c1-4-31-19(29)12-8-23-27(10-12)20-25-16-9-24-28(17(16)18(26-20)30-3)11(2)14-6-5-13(22)7-15(14)21/h5-11H,4H2,1-3H3/t11-/m0/s1. The molecule has 3 heterocycles. The number of aromatic nitrogens is 6. The van der Waals surface area contributed by atoms with Crippen molar-refractivity contribution in [1.29, 1.82) is 0 Å². The molecule has 0 amide bonds. The quantitative estimate of drug-likeness (QED) is 0.419. The molecule has 31 heavy (non-hydrogen) atoms. The summed E-state index contributed by atoms with van der Waals surface area (Å²) in [4.78, 5) is 20.8. The number of rotatable bonds is 6. The van der Waals surface area contributed by atoms with Crippen LogP contribution in [0.4, 0.5) is 4.39 Å². The summed E-state index contributed by atoms with van der Waals surface area (Å²) in [6, 6.07) is 3.87. The van der Waals surface area contributed by atoms with Crippen LogP contribution >= 0.6 is 11.6 Å². The van der Waals surface area contributed by atoms with Crippen molar-refractivity contribution in [2.75, 3.05) is 13.7 Å². The largest absolute Gasteiger partial charge is 0.479 e. The highest BCUT2D eigenvalue weighted by atomic mass is 35.5. The zero-order chi connectivity index (χ0) is 22.1. The molecule has 0 unspecified atom stereocenters. The number of ether oxygens (including phenoxy) is 2. The van der Waals surface area contributed by atoms with Crippen LogP contribution in [-0.4, -0.2) is 49.2 Å². The highest BCUT2D eigenvalue weighted by Gasteiger charge is 2.21. The van der Waals surface area contributed by atoms with Crippen LogP contribution in [0.2, 0.25) is 5.02 Å². The Bertz CT molecular complexity index is 1270. The smallest absolute Gasteiger partial charge is 0.341 e. The fourth-order valence-corrected chi connectivity index (χ4v) is 3.51. The van der Waals surface area contributed by atoms with Gasteiger partial charge in [0.15, 0.2) is 0 Å². The fraction of sp³-hybridized carbons (Fsp3) is 0.250. The second-order valence-corrected chi connectivity index (χ2v) is 7.00. The van der Waals surface area contributed by atoms with Gasteiger partial charge in [0.1, 0.15) is 16.9 Å². The van der Waals surface area contributed by atoms with Crippen LogP contribution in [0.15, 0.2) is 36.8 Å². The van der Waals surface area contributed by atoms with Gasteiger partial charge >= 0.3 is 5.97 Å². The third-order valence-electron chi connectivity index (χ3n) is 4.67. The van der Waals surface area contributed by atoms with Crippen LogP contribution in [0.1, 0.15) is 35.8 Å². The minimum atomic E-state index is -0.486. The van der Waals surface area contributed by atoms with Gasteiger partial charge < -0.3 is 9.47 Å². The van der Waals surface area contributed by atoms with E-state index < -0.39 is 11.8 Å². The predicted octanol–water partition coefficient (Wildman–Crippen LogP) is 3.60. The van der Waals surface area contributed by atoms with Gasteiger partial charge in [0, 0.05) is 11.2 Å². The SMILES string of the molecule is CCOC(=O)c1cnn(-c2nc(OC)c3c(cnn3[C@@H](C)c3ccc(F)cc3Cl)n2)c1. The maximum atomic E-state index is 13.4. The lowest BCUT2D eigenvalue weighted by atomic mass is 10.1. The highest BCUT2D eigenvalue weighted by molar-refractivity contribution is 6.31. The molecular weight excluding hydrogens is 427 g/mol. The molecule has 0 aliphatic carbocycles. The topological polar surface area (TPSA) is 97.0 Å². The molecule has 9 nitrogen and oxygen atoms in total. The minimum absolute atomic E-state index is 0.201. The van der Waals surface area contributed by atoms with Crippen molar-refractivity contribution in [3.63, 3.8) is 0 Å². The molecule has 4 aromatic rings. The van der Waals surface area contributed by atoms with E-state index in [-0.39, 0.29) is 35.1 Å². The molecule has 4 rings (SSSR count). The Labute approximate surface area is 181 Å². The van der Waals surface area contributed by atoms with Gasteiger partial charge in [-0.25, -0.2) is 18.9 Å². The Balaban J connectivity index is 1.76. The van der Waals surface area contributed by atoms with Gasteiger partial charge in [0.25, 0.3) is 5.95 Å². The molecule has 0 saturated heterocycles. The van der Waals surface area contributed by atoms with E-state index in [4.69, 9.17) is 21.1 Å². The van der Waals surface area contributed by atoms with E-state index in [1.807, 2.05) is 6.92 Å². The lowest BCUT2D eigenvalue weighted by molar-refractivity contribution is 0.0526. The normalized spacial score (nSPS) is 12.2. The van der Waals surface area contributed by atoms with E-state index in [9.17, 15) is 9.18 Å². The summed E-state index contributed by atoms with van der Waals surface area (Å²) < 4.78 is 26.9. The Morgan fingerprint density at radius 3 is 2.77 bits per heavy atom. The van der Waals surface area contributed by atoms with Crippen molar-refractivity contribution in [2.24, 2.45) is 0 Å². The minimum Gasteiger partial charge on any atom is -0.479 e. The average Bonchev–Trinajstić information content (AvgIpc) is 3.40. The van der Waals surface area contributed by atoms with Crippen LogP contribution < -0.4 is 4.74 Å². The molecular formula is C20H18ClFN6O3. The molecule has 0 aliphatic heterocycles. The zero-order valence-corrected chi connectivity index (χ0v) is 17.7. The Hall–Kier alpha value is -3.53. The first-order valence-electron chi connectivity index (χ1n) is 9.39. The number of hydrogen-bond donors (Lipinski definition) is 0. The molecule has 3 aromatic heterocycles. The van der Waals surface area contributed by atoms with Gasteiger partial charge in [0.2, 0.25) is 5.88 Å². The van der Waals surface area contributed by atoms with Gasteiger partial charge in [-0.15, -0.1) is 0 Å². The maximum absolute atomic E-state index is 13.4. The van der Waals surface area contributed by atoms with Crippen molar-refractivity contribution < 1.29 is 18.7 Å². The van der Waals surface area contributed by atoms with Gasteiger partial charge in [-0.2, -0.15) is 15.2 Å². The highest BCUT2D eigenvalue weighted by Crippen LogP contribution is 2.31. The second-order valence-electron chi connectivity index (χ2n) is 6.59. The number of carbonyl (C=O) groups excluding carboxylic acids is 1. The number of halogens is 2. The van der Waals surface area contributed by atoms with E-state index in [0.717, 1.165) is 0 Å². The summed E-state index contributed by atoms with van der Waals surface area (Å²) in [5.74, 6) is -0.444. The number of benzene rings is 1. The Morgan fingerprint density at radius 2 is 2.06 bits per heavy atom. The van der Waals surface area contributed by atoms with E-state index in [1.54, 1.807) is 23.9 Å². The molecule has 0 fully saturated rings. The molecule has 0 N–H and O–H groups in total. The van der Waals surface area contributed by atoms with Gasteiger partial charge in [0.05, 0.1) is 37.7 Å². The Kier molecular flexibility index (Phi) is 5.55. The number of hydrogen-bond acceptors (Lipinski definition) is 7. The molecule has 160 valence electrons. The zero-order valence-electron chi connectivity index (χ0n) is 16.9.